The van der Waals surface area contributed by atoms with Gasteiger partial charge in [-0.25, -0.2) is 4.79 Å². The lowest BCUT2D eigenvalue weighted by atomic mass is 9.80. The monoisotopic (exact) mass is 361 g/mol. The Balaban J connectivity index is 1.92. The summed E-state index contributed by atoms with van der Waals surface area (Å²) in [6.45, 7) is 3.81. The maximum absolute atomic E-state index is 13.2. The second-order valence-electron chi connectivity index (χ2n) is 6.57. The third kappa shape index (κ3) is 2.63. The van der Waals surface area contributed by atoms with Gasteiger partial charge in [0.25, 0.3) is 0 Å². The average Bonchev–Trinajstić information content (AvgIpc) is 2.94. The largest absolute Gasteiger partial charge is 0.508 e. The van der Waals surface area contributed by atoms with Crippen molar-refractivity contribution in [3.63, 3.8) is 0 Å². The van der Waals surface area contributed by atoms with Crippen LogP contribution in [0.5, 0.6) is 5.75 Å². The number of fused-ring (bicyclic) bond motifs is 2. The third-order valence-corrected chi connectivity index (χ3v) is 4.97. The normalized spacial score (nSPS) is 18.1. The van der Waals surface area contributed by atoms with Gasteiger partial charge in [0.15, 0.2) is 5.78 Å². The molecule has 0 unspecified atom stereocenters. The van der Waals surface area contributed by atoms with Gasteiger partial charge in [0.2, 0.25) is 0 Å². The maximum Gasteiger partial charge on any atom is 0.336 e. The van der Waals surface area contributed by atoms with Gasteiger partial charge >= 0.3 is 5.97 Å². The zero-order chi connectivity index (χ0) is 19.1. The predicted molar refractivity (Wildman–Crippen MR) is 101 cm³/mol. The molecule has 4 rings (SSSR count). The summed E-state index contributed by atoms with van der Waals surface area (Å²) in [6.07, 6.45) is 0. The number of rotatable bonds is 3. The molecular weight excluding hydrogens is 342 g/mol. The van der Waals surface area contributed by atoms with Crippen molar-refractivity contribution in [2.45, 2.75) is 19.8 Å². The maximum atomic E-state index is 13.2. The van der Waals surface area contributed by atoms with E-state index in [9.17, 15) is 14.7 Å². The molecule has 136 valence electrons. The molecule has 0 aromatic heterocycles. The summed E-state index contributed by atoms with van der Waals surface area (Å²) in [7, 11) is 0. The van der Waals surface area contributed by atoms with Crippen LogP contribution in [0.3, 0.4) is 0 Å². The fourth-order valence-electron chi connectivity index (χ4n) is 3.81. The Morgan fingerprint density at radius 1 is 1.11 bits per heavy atom. The van der Waals surface area contributed by atoms with Gasteiger partial charge in [-0.05, 0) is 31.5 Å². The van der Waals surface area contributed by atoms with Gasteiger partial charge in [-0.3, -0.25) is 4.79 Å². The summed E-state index contributed by atoms with van der Waals surface area (Å²) in [5, 5.41) is 12.9. The molecule has 0 saturated carbocycles. The zero-order valence-corrected chi connectivity index (χ0v) is 15.1. The number of dihydropyridines is 1. The molecule has 0 amide bonds. The molecule has 1 aliphatic carbocycles. The summed E-state index contributed by atoms with van der Waals surface area (Å²) >= 11 is 0. The summed E-state index contributed by atoms with van der Waals surface area (Å²) < 4.78 is 5.27. The lowest BCUT2D eigenvalue weighted by Crippen LogP contribution is -2.29. The van der Waals surface area contributed by atoms with Crippen LogP contribution in [0.15, 0.2) is 65.4 Å². The lowest BCUT2D eigenvalue weighted by Gasteiger charge is -2.29. The molecule has 0 fully saturated rings. The number of hydrogen-bond acceptors (Lipinski definition) is 5. The summed E-state index contributed by atoms with van der Waals surface area (Å²) in [5.74, 6) is -0.974. The van der Waals surface area contributed by atoms with Gasteiger partial charge in [-0.2, -0.15) is 0 Å². The van der Waals surface area contributed by atoms with Crippen molar-refractivity contribution in [3.8, 4) is 5.75 Å². The number of esters is 1. The molecule has 0 saturated heterocycles. The van der Waals surface area contributed by atoms with Crippen LogP contribution in [-0.2, 0) is 9.53 Å². The second kappa shape index (κ2) is 6.43. The van der Waals surface area contributed by atoms with Gasteiger partial charge < -0.3 is 15.2 Å². The topological polar surface area (TPSA) is 75.6 Å². The van der Waals surface area contributed by atoms with Crippen molar-refractivity contribution in [1.29, 1.82) is 0 Å². The molecule has 5 heteroatoms. The smallest absolute Gasteiger partial charge is 0.336 e. The first-order valence-corrected chi connectivity index (χ1v) is 8.85. The van der Waals surface area contributed by atoms with Gasteiger partial charge in [0, 0.05) is 28.3 Å². The minimum Gasteiger partial charge on any atom is -0.508 e. The predicted octanol–water partition coefficient (Wildman–Crippen LogP) is 3.52. The highest BCUT2D eigenvalue weighted by Crippen LogP contribution is 2.46. The minimum absolute atomic E-state index is 0.0968. The van der Waals surface area contributed by atoms with Crippen LogP contribution in [0.4, 0.5) is 0 Å². The Kier molecular flexibility index (Phi) is 4.07. The molecule has 0 bridgehead atoms. The van der Waals surface area contributed by atoms with Crippen LogP contribution < -0.4 is 5.32 Å². The molecule has 2 N–H and O–H groups in total. The fourth-order valence-corrected chi connectivity index (χ4v) is 3.81. The molecule has 2 aromatic rings. The van der Waals surface area contributed by atoms with E-state index >= 15 is 0 Å². The Morgan fingerprint density at radius 2 is 1.78 bits per heavy atom. The number of nitrogens with one attached hydrogen (secondary N) is 1. The van der Waals surface area contributed by atoms with E-state index in [4.69, 9.17) is 4.74 Å². The minimum atomic E-state index is -0.555. The standard InChI is InChI=1S/C22H19NO4/c1-3-27-22(26)17-12(2)23-20-15-6-4-5-7-16(15)21(25)19(20)18(17)13-8-10-14(24)11-9-13/h4-11,18,23-24H,3H2,1-2H3/t18-/m0/s1. The fraction of sp³-hybridized carbons (Fsp3) is 0.182. The second-order valence-corrected chi connectivity index (χ2v) is 6.57. The third-order valence-electron chi connectivity index (χ3n) is 4.97. The lowest BCUT2D eigenvalue weighted by molar-refractivity contribution is -0.138. The molecule has 1 aliphatic heterocycles. The van der Waals surface area contributed by atoms with Crippen molar-refractivity contribution in [2.75, 3.05) is 6.61 Å². The number of aromatic hydroxyl groups is 1. The van der Waals surface area contributed by atoms with Crippen LogP contribution in [-0.4, -0.2) is 23.5 Å². The van der Waals surface area contributed by atoms with E-state index in [1.54, 1.807) is 37.3 Å². The SMILES string of the molecule is CCOC(=O)C1=C(C)NC2=C(C(=O)c3ccccc32)[C@H]1c1ccc(O)cc1. The van der Waals surface area contributed by atoms with Crippen molar-refractivity contribution < 1.29 is 19.4 Å². The van der Waals surface area contributed by atoms with E-state index in [1.807, 2.05) is 25.1 Å². The number of carbonyl (C=O) groups excluding carboxylic acids is 2. The number of allylic oxidation sites excluding steroid dienone is 2. The number of ketones is 1. The highest BCUT2D eigenvalue weighted by Gasteiger charge is 2.42. The molecule has 1 atom stereocenters. The van der Waals surface area contributed by atoms with E-state index in [-0.39, 0.29) is 18.1 Å². The Morgan fingerprint density at radius 3 is 2.44 bits per heavy atom. The average molecular weight is 361 g/mol. The Bertz CT molecular complexity index is 1010. The quantitative estimate of drug-likeness (QED) is 0.818. The number of phenols is 1. The Labute approximate surface area is 157 Å². The van der Waals surface area contributed by atoms with Crippen LogP contribution in [0.1, 0.15) is 41.3 Å². The molecule has 1 heterocycles. The van der Waals surface area contributed by atoms with E-state index in [0.717, 1.165) is 16.8 Å². The summed E-state index contributed by atoms with van der Waals surface area (Å²) in [4.78, 5) is 25.9. The number of hydrogen-bond donors (Lipinski definition) is 2. The van der Waals surface area contributed by atoms with E-state index in [1.165, 1.54) is 0 Å². The molecule has 0 spiro atoms. The first-order valence-electron chi connectivity index (χ1n) is 8.85. The number of benzene rings is 2. The van der Waals surface area contributed by atoms with Gasteiger partial charge in [-0.1, -0.05) is 36.4 Å². The molecule has 0 radical (unpaired) electrons. The molecule has 2 aliphatic rings. The van der Waals surface area contributed by atoms with Gasteiger partial charge in [0.1, 0.15) is 5.75 Å². The molecular formula is C22H19NO4. The summed E-state index contributed by atoms with van der Waals surface area (Å²) in [5.41, 5.74) is 4.57. The van der Waals surface area contributed by atoms with Gasteiger partial charge in [0.05, 0.1) is 17.9 Å². The van der Waals surface area contributed by atoms with E-state index < -0.39 is 11.9 Å². The van der Waals surface area contributed by atoms with E-state index in [0.29, 0.717) is 22.4 Å². The van der Waals surface area contributed by atoms with Gasteiger partial charge in [-0.15, -0.1) is 0 Å². The number of ether oxygens (including phenoxy) is 1. The van der Waals surface area contributed by atoms with Crippen LogP contribution in [0.2, 0.25) is 0 Å². The number of phenolic OH excluding ortho intramolecular Hbond substituents is 1. The van der Waals surface area contributed by atoms with Crippen molar-refractivity contribution in [1.82, 2.24) is 5.32 Å². The molecule has 27 heavy (non-hydrogen) atoms. The number of Topliss-reactive ketones (excluding diaryl/α,β-unsaturated/α-hetero) is 1. The van der Waals surface area contributed by atoms with Crippen molar-refractivity contribution >= 4 is 17.4 Å². The van der Waals surface area contributed by atoms with Crippen LogP contribution in [0.25, 0.3) is 5.70 Å². The first kappa shape index (κ1) is 17.1. The first-order chi connectivity index (χ1) is 13.0. The highest BCUT2D eigenvalue weighted by atomic mass is 16.5. The van der Waals surface area contributed by atoms with Crippen LogP contribution >= 0.6 is 0 Å². The zero-order valence-electron chi connectivity index (χ0n) is 15.1. The number of carbonyl (C=O) groups is 2. The van der Waals surface area contributed by atoms with Crippen molar-refractivity contribution in [2.24, 2.45) is 0 Å². The van der Waals surface area contributed by atoms with E-state index in [2.05, 4.69) is 5.32 Å². The summed E-state index contributed by atoms with van der Waals surface area (Å²) in [6, 6.07) is 14.0. The molecule has 2 aromatic carbocycles. The van der Waals surface area contributed by atoms with Crippen molar-refractivity contribution in [3.05, 3.63) is 82.1 Å². The Hall–Kier alpha value is -3.34. The molecule has 5 nitrogen and oxygen atoms in total. The highest BCUT2D eigenvalue weighted by molar-refractivity contribution is 6.23. The van der Waals surface area contributed by atoms with Crippen LogP contribution in [0, 0.1) is 0 Å².